The predicted octanol–water partition coefficient (Wildman–Crippen LogP) is 3.61. The molecule has 3 nitrogen and oxygen atoms in total. The molecule has 0 aliphatic carbocycles. The summed E-state index contributed by atoms with van der Waals surface area (Å²) in [7, 11) is 0. The molecule has 122 valence electrons. The van der Waals surface area contributed by atoms with Gasteiger partial charge in [0.05, 0.1) is 0 Å². The molecule has 0 aliphatic heterocycles. The number of aliphatic hydroxyl groups is 1. The molecule has 0 fully saturated rings. The summed E-state index contributed by atoms with van der Waals surface area (Å²) in [6.45, 7) is 5.40. The van der Waals surface area contributed by atoms with E-state index in [1.165, 1.54) is 32.6 Å². The maximum absolute atomic E-state index is 11.0. The number of rotatable bonds is 9. The molecule has 3 heteroatoms. The van der Waals surface area contributed by atoms with Crippen molar-refractivity contribution in [2.24, 2.45) is 0 Å². The highest BCUT2D eigenvalue weighted by Gasteiger charge is 2.03. The highest BCUT2D eigenvalue weighted by atomic mass is 16.5. The molecule has 0 amide bonds. The molecular weight excluding hydrogens is 276 g/mol. The number of hydrogen-bond acceptors (Lipinski definition) is 3. The molecule has 0 saturated heterocycles. The fraction of sp³-hybridized carbons (Fsp3) is 0.632. The van der Waals surface area contributed by atoms with E-state index in [-0.39, 0.29) is 5.97 Å². The van der Waals surface area contributed by atoms with Gasteiger partial charge in [-0.05, 0) is 43.1 Å². The third-order valence-corrected chi connectivity index (χ3v) is 2.98. The fourth-order valence-electron chi connectivity index (χ4n) is 1.71. The number of ether oxygens (including phenoxy) is 1. The fourth-order valence-corrected chi connectivity index (χ4v) is 1.71. The number of unbranched alkanes of at least 4 members (excludes halogenated alkanes) is 5. The second-order valence-corrected chi connectivity index (χ2v) is 5.12. The lowest BCUT2D eigenvalue weighted by atomic mass is 10.1. The number of aliphatic hydroxyl groups excluding tert-OH is 1. The standard InChI is InChI=1S/C19H28O3/c1-4-6-7-8-9-10-11-15-19(22-17(3)20)16-13-12-14-18(21)5-2/h11,15,18-19,21H,4-10H2,1-3H3/b15-11-/t18-,19-/m0/s1. The predicted molar refractivity (Wildman–Crippen MR) is 89.9 cm³/mol. The van der Waals surface area contributed by atoms with E-state index >= 15 is 0 Å². The lowest BCUT2D eigenvalue weighted by Gasteiger charge is -2.05. The smallest absolute Gasteiger partial charge is 0.304 e. The molecule has 0 aromatic rings. The van der Waals surface area contributed by atoms with Crippen LogP contribution in [0.4, 0.5) is 0 Å². The average Bonchev–Trinajstić information content (AvgIpc) is 2.49. The molecule has 0 aromatic heterocycles. The zero-order valence-electron chi connectivity index (χ0n) is 14.0. The van der Waals surface area contributed by atoms with Gasteiger partial charge in [-0.3, -0.25) is 4.79 Å². The van der Waals surface area contributed by atoms with Crippen LogP contribution in [0, 0.1) is 23.7 Å². The molecule has 1 N–H and O–H groups in total. The first-order valence-electron chi connectivity index (χ1n) is 8.13. The molecule has 0 spiro atoms. The van der Waals surface area contributed by atoms with Crippen LogP contribution in [0.2, 0.25) is 0 Å². The average molecular weight is 304 g/mol. The van der Waals surface area contributed by atoms with E-state index < -0.39 is 12.2 Å². The lowest BCUT2D eigenvalue weighted by Crippen LogP contribution is -2.11. The van der Waals surface area contributed by atoms with Crippen LogP contribution in [0.1, 0.15) is 65.7 Å². The van der Waals surface area contributed by atoms with E-state index in [1.54, 1.807) is 6.08 Å². The molecule has 2 atom stereocenters. The SMILES string of the molecule is CCCCCCC/C=C\[C@@H](C#CC#C[C@@H](O)CC)OC(C)=O. The van der Waals surface area contributed by atoms with Crippen LogP contribution in [-0.4, -0.2) is 23.3 Å². The summed E-state index contributed by atoms with van der Waals surface area (Å²) in [6, 6.07) is 0. The van der Waals surface area contributed by atoms with Crippen molar-refractivity contribution in [1.29, 1.82) is 0 Å². The van der Waals surface area contributed by atoms with Crippen LogP contribution in [0.3, 0.4) is 0 Å². The summed E-state index contributed by atoms with van der Waals surface area (Å²) < 4.78 is 5.10. The minimum atomic E-state index is -0.653. The van der Waals surface area contributed by atoms with Crippen molar-refractivity contribution in [2.75, 3.05) is 0 Å². The zero-order chi connectivity index (χ0) is 16.6. The number of carbonyl (C=O) groups excluding carboxylic acids is 1. The normalized spacial score (nSPS) is 12.7. The summed E-state index contributed by atoms with van der Waals surface area (Å²) >= 11 is 0. The maximum atomic E-state index is 11.0. The van der Waals surface area contributed by atoms with Gasteiger partial charge in [-0.25, -0.2) is 0 Å². The topological polar surface area (TPSA) is 46.5 Å². The Kier molecular flexibility index (Phi) is 13.1. The van der Waals surface area contributed by atoms with Gasteiger partial charge in [-0.2, -0.15) is 0 Å². The first-order chi connectivity index (χ1) is 10.6. The van der Waals surface area contributed by atoms with Gasteiger partial charge >= 0.3 is 5.97 Å². The van der Waals surface area contributed by atoms with Crippen LogP contribution < -0.4 is 0 Å². The molecule has 0 rings (SSSR count). The Bertz CT molecular complexity index is 443. The van der Waals surface area contributed by atoms with Crippen molar-refractivity contribution >= 4 is 5.97 Å². The van der Waals surface area contributed by atoms with E-state index in [4.69, 9.17) is 4.74 Å². The summed E-state index contributed by atoms with van der Waals surface area (Å²) in [4.78, 5) is 11.0. The van der Waals surface area contributed by atoms with E-state index in [1.807, 2.05) is 13.0 Å². The van der Waals surface area contributed by atoms with Gasteiger partial charge in [0.2, 0.25) is 0 Å². The van der Waals surface area contributed by atoms with Gasteiger partial charge in [0.15, 0.2) is 6.10 Å². The molecule has 0 unspecified atom stereocenters. The Morgan fingerprint density at radius 2 is 1.82 bits per heavy atom. The second kappa shape index (κ2) is 14.2. The van der Waals surface area contributed by atoms with Gasteiger partial charge in [0.25, 0.3) is 0 Å². The summed E-state index contributed by atoms with van der Waals surface area (Å²) in [6.07, 6.45) is 10.3. The summed E-state index contributed by atoms with van der Waals surface area (Å²) in [5.74, 6) is 10.2. The monoisotopic (exact) mass is 304 g/mol. The van der Waals surface area contributed by atoms with Gasteiger partial charge in [0.1, 0.15) is 6.10 Å². The zero-order valence-corrected chi connectivity index (χ0v) is 14.0. The Labute approximate surface area is 135 Å². The molecule has 0 aromatic carbocycles. The number of hydrogen-bond donors (Lipinski definition) is 1. The summed E-state index contributed by atoms with van der Waals surface area (Å²) in [5, 5.41) is 9.29. The Balaban J connectivity index is 4.30. The third kappa shape index (κ3) is 13.3. The van der Waals surface area contributed by atoms with Crippen molar-refractivity contribution < 1.29 is 14.6 Å². The second-order valence-electron chi connectivity index (χ2n) is 5.12. The first-order valence-corrected chi connectivity index (χ1v) is 8.13. The minimum Gasteiger partial charge on any atom is -0.445 e. The molecule has 0 bridgehead atoms. The highest BCUT2D eigenvalue weighted by Crippen LogP contribution is 2.06. The Hall–Kier alpha value is -1.71. The van der Waals surface area contributed by atoms with Crippen molar-refractivity contribution in [2.45, 2.75) is 77.9 Å². The third-order valence-electron chi connectivity index (χ3n) is 2.98. The largest absolute Gasteiger partial charge is 0.445 e. The van der Waals surface area contributed by atoms with Gasteiger partial charge in [-0.1, -0.05) is 51.5 Å². The number of allylic oxidation sites excluding steroid dienone is 1. The van der Waals surface area contributed by atoms with Gasteiger partial charge in [-0.15, -0.1) is 0 Å². The molecular formula is C19H28O3. The van der Waals surface area contributed by atoms with Crippen LogP contribution in [0.5, 0.6) is 0 Å². The molecule has 0 heterocycles. The first kappa shape index (κ1) is 20.3. The molecule has 0 radical (unpaired) electrons. The van der Waals surface area contributed by atoms with E-state index in [9.17, 15) is 9.90 Å². The van der Waals surface area contributed by atoms with Crippen molar-refractivity contribution in [3.8, 4) is 23.7 Å². The van der Waals surface area contributed by atoms with E-state index in [0.717, 1.165) is 12.8 Å². The van der Waals surface area contributed by atoms with Crippen molar-refractivity contribution in [3.05, 3.63) is 12.2 Å². The summed E-state index contributed by atoms with van der Waals surface area (Å²) in [5.41, 5.74) is 0. The Morgan fingerprint density at radius 1 is 1.14 bits per heavy atom. The van der Waals surface area contributed by atoms with Gasteiger partial charge in [0, 0.05) is 6.92 Å². The molecule has 0 aliphatic rings. The van der Waals surface area contributed by atoms with Crippen LogP contribution in [0.15, 0.2) is 12.2 Å². The van der Waals surface area contributed by atoms with Crippen molar-refractivity contribution in [1.82, 2.24) is 0 Å². The van der Waals surface area contributed by atoms with Crippen LogP contribution in [-0.2, 0) is 9.53 Å². The van der Waals surface area contributed by atoms with E-state index in [0.29, 0.717) is 6.42 Å². The number of esters is 1. The van der Waals surface area contributed by atoms with Gasteiger partial charge < -0.3 is 9.84 Å². The maximum Gasteiger partial charge on any atom is 0.304 e. The lowest BCUT2D eigenvalue weighted by molar-refractivity contribution is -0.142. The Morgan fingerprint density at radius 3 is 2.45 bits per heavy atom. The highest BCUT2D eigenvalue weighted by molar-refractivity contribution is 5.66. The molecule has 22 heavy (non-hydrogen) atoms. The van der Waals surface area contributed by atoms with Crippen LogP contribution >= 0.6 is 0 Å². The van der Waals surface area contributed by atoms with Crippen molar-refractivity contribution in [3.63, 3.8) is 0 Å². The quantitative estimate of drug-likeness (QED) is 0.306. The minimum absolute atomic E-state index is 0.367. The molecule has 0 saturated carbocycles. The van der Waals surface area contributed by atoms with Crippen LogP contribution in [0.25, 0.3) is 0 Å². The van der Waals surface area contributed by atoms with E-state index in [2.05, 4.69) is 30.6 Å². The number of carbonyl (C=O) groups is 1.